The molecule has 0 spiro atoms. The molecule has 0 N–H and O–H groups in total. The van der Waals surface area contributed by atoms with Crippen molar-refractivity contribution in [2.45, 2.75) is 335 Å². The fourth-order valence-corrected chi connectivity index (χ4v) is 9.73. The van der Waals surface area contributed by atoms with E-state index >= 15 is 0 Å². The first-order chi connectivity index (χ1) is 41.0. The van der Waals surface area contributed by atoms with Crippen LogP contribution in [0.5, 0.6) is 0 Å². The minimum Gasteiger partial charge on any atom is -0.462 e. The Hall–Kier alpha value is -4.19. The number of ether oxygens (including phenoxy) is 3. The first-order valence-electron chi connectivity index (χ1n) is 35.0. The Kier molecular flexibility index (Phi) is 66.7. The molecule has 0 saturated heterocycles. The molecule has 0 radical (unpaired) electrons. The number of hydrogen-bond acceptors (Lipinski definition) is 6. The average molecular weight is 1150 g/mol. The molecule has 0 rings (SSSR count). The van der Waals surface area contributed by atoms with E-state index in [0.717, 1.165) is 128 Å². The molecule has 0 bridgehead atoms. The fourth-order valence-electron chi connectivity index (χ4n) is 9.73. The van der Waals surface area contributed by atoms with Gasteiger partial charge in [-0.05, 0) is 116 Å². The maximum absolute atomic E-state index is 12.9. The summed E-state index contributed by atoms with van der Waals surface area (Å²) in [5, 5.41) is 0. The molecule has 0 saturated carbocycles. The maximum Gasteiger partial charge on any atom is 0.306 e. The van der Waals surface area contributed by atoms with Crippen LogP contribution in [0.2, 0.25) is 0 Å². The van der Waals surface area contributed by atoms with Gasteiger partial charge in [0.05, 0.1) is 0 Å². The van der Waals surface area contributed by atoms with E-state index in [4.69, 9.17) is 14.2 Å². The summed E-state index contributed by atoms with van der Waals surface area (Å²) in [6, 6.07) is 0. The van der Waals surface area contributed by atoms with Crippen LogP contribution in [0.15, 0.2) is 122 Å². The van der Waals surface area contributed by atoms with Gasteiger partial charge in [0, 0.05) is 19.3 Å². The van der Waals surface area contributed by atoms with Crippen molar-refractivity contribution in [1.29, 1.82) is 0 Å². The number of allylic oxidation sites excluding steroid dienone is 20. The number of hydrogen-bond donors (Lipinski definition) is 0. The van der Waals surface area contributed by atoms with Crippen LogP contribution in [-0.4, -0.2) is 37.2 Å². The Bertz CT molecular complexity index is 1700. The molecular formula is C77H130O6. The van der Waals surface area contributed by atoms with Crippen molar-refractivity contribution in [3.05, 3.63) is 122 Å². The highest BCUT2D eigenvalue weighted by atomic mass is 16.6. The highest BCUT2D eigenvalue weighted by molar-refractivity contribution is 5.71. The molecule has 0 fully saturated rings. The summed E-state index contributed by atoms with van der Waals surface area (Å²) in [5.41, 5.74) is 0. The largest absolute Gasteiger partial charge is 0.462 e. The maximum atomic E-state index is 12.9. The molecule has 83 heavy (non-hydrogen) atoms. The monoisotopic (exact) mass is 1150 g/mol. The van der Waals surface area contributed by atoms with Gasteiger partial charge in [0.2, 0.25) is 0 Å². The van der Waals surface area contributed by atoms with E-state index in [0.29, 0.717) is 19.3 Å². The number of carbonyl (C=O) groups is 3. The fraction of sp³-hybridized carbons (Fsp3) is 0.701. The minimum atomic E-state index is -0.791. The molecule has 0 aliphatic rings. The van der Waals surface area contributed by atoms with E-state index in [1.54, 1.807) is 0 Å². The molecule has 6 heteroatoms. The first kappa shape index (κ1) is 78.8. The Morgan fingerprint density at radius 2 is 0.470 bits per heavy atom. The molecule has 1 unspecified atom stereocenters. The molecule has 0 heterocycles. The summed E-state index contributed by atoms with van der Waals surface area (Å²) < 4.78 is 16.8. The third-order valence-electron chi connectivity index (χ3n) is 15.0. The van der Waals surface area contributed by atoms with Crippen LogP contribution in [-0.2, 0) is 28.6 Å². The molecule has 0 aromatic heterocycles. The van der Waals surface area contributed by atoms with Gasteiger partial charge in [-0.15, -0.1) is 0 Å². The lowest BCUT2D eigenvalue weighted by Gasteiger charge is -2.18. The Labute approximate surface area is 513 Å². The van der Waals surface area contributed by atoms with Crippen molar-refractivity contribution in [3.8, 4) is 0 Å². The second kappa shape index (κ2) is 70.3. The zero-order valence-electron chi connectivity index (χ0n) is 54.4. The number of carbonyl (C=O) groups excluding carboxylic acids is 3. The van der Waals surface area contributed by atoms with E-state index in [9.17, 15) is 14.4 Å². The van der Waals surface area contributed by atoms with E-state index in [2.05, 4.69) is 142 Å². The minimum absolute atomic E-state index is 0.0893. The van der Waals surface area contributed by atoms with Crippen molar-refractivity contribution in [2.24, 2.45) is 0 Å². The number of rotatable bonds is 63. The molecule has 0 aliphatic heterocycles. The van der Waals surface area contributed by atoms with Crippen LogP contribution in [0.3, 0.4) is 0 Å². The van der Waals surface area contributed by atoms with Crippen LogP contribution in [0.1, 0.15) is 329 Å². The summed E-state index contributed by atoms with van der Waals surface area (Å²) in [4.78, 5) is 38.0. The number of esters is 3. The molecular weight excluding hydrogens is 1020 g/mol. The standard InChI is InChI=1S/C77H130O6/c1-4-7-10-13-15-17-19-21-23-25-27-29-31-33-35-37-38-40-41-43-45-47-49-51-53-55-57-59-61-64-67-70-76(79)82-73-74(72-81-75(78)69-66-63-12-9-6-3)83-77(80)71-68-65-62-60-58-56-54-52-50-48-46-44-42-39-36-34-32-30-28-26-24-22-20-18-16-14-11-8-5-2/h7,10,15,17,21,23,26-29,33,35,38,40,43,45,49,51,55,57,74H,4-6,8-9,11-14,16,18-20,22,24-25,30-32,34,36-37,39,41-42,44,46-48,50,52-54,56,58-73H2,1-3H3/b10-7-,17-15-,23-21-,28-26-,29-27-,35-33-,40-38-,45-43-,51-49-,57-55-. The summed E-state index contributed by atoms with van der Waals surface area (Å²) >= 11 is 0. The van der Waals surface area contributed by atoms with E-state index in [1.165, 1.54) is 161 Å². The second-order valence-corrected chi connectivity index (χ2v) is 23.1. The highest BCUT2D eigenvalue weighted by Crippen LogP contribution is 2.17. The normalized spacial score (nSPS) is 12.9. The van der Waals surface area contributed by atoms with Gasteiger partial charge in [0.15, 0.2) is 6.10 Å². The van der Waals surface area contributed by atoms with Gasteiger partial charge >= 0.3 is 17.9 Å². The van der Waals surface area contributed by atoms with Gasteiger partial charge in [-0.3, -0.25) is 14.4 Å². The van der Waals surface area contributed by atoms with Gasteiger partial charge in [-0.1, -0.05) is 316 Å². The summed E-state index contributed by atoms with van der Waals surface area (Å²) in [6.07, 6.45) is 98.5. The zero-order chi connectivity index (χ0) is 59.9. The van der Waals surface area contributed by atoms with Crippen LogP contribution < -0.4 is 0 Å². The Balaban J connectivity index is 4.08. The summed E-state index contributed by atoms with van der Waals surface area (Å²) in [5.74, 6) is -0.930. The number of unbranched alkanes of at least 4 members (excludes halogenated alkanes) is 32. The molecule has 0 aromatic rings. The van der Waals surface area contributed by atoms with Crippen molar-refractivity contribution in [1.82, 2.24) is 0 Å². The van der Waals surface area contributed by atoms with E-state index < -0.39 is 6.10 Å². The second-order valence-electron chi connectivity index (χ2n) is 23.1. The predicted molar refractivity (Wildman–Crippen MR) is 362 cm³/mol. The lowest BCUT2D eigenvalue weighted by molar-refractivity contribution is -0.167. The average Bonchev–Trinajstić information content (AvgIpc) is 3.49. The van der Waals surface area contributed by atoms with Crippen molar-refractivity contribution >= 4 is 17.9 Å². The SMILES string of the molecule is CC/C=C\C/C=C\C/C=C\C/C=C\C/C=C\C/C=C\C/C=C\C/C=C\C/C=C\CCCCCC(=O)OCC(COC(=O)CCCCCCC)OC(=O)CCCCCCCCCCCCCCCCCCC/C=C\CCCCCCCCCC. The van der Waals surface area contributed by atoms with E-state index in [-0.39, 0.29) is 31.1 Å². The lowest BCUT2D eigenvalue weighted by Crippen LogP contribution is -2.30. The van der Waals surface area contributed by atoms with Crippen LogP contribution in [0.4, 0.5) is 0 Å². The topological polar surface area (TPSA) is 78.9 Å². The van der Waals surface area contributed by atoms with Crippen LogP contribution in [0.25, 0.3) is 0 Å². The van der Waals surface area contributed by atoms with Crippen LogP contribution in [0, 0.1) is 0 Å². The van der Waals surface area contributed by atoms with Gasteiger partial charge in [0.1, 0.15) is 13.2 Å². The molecule has 1 atom stereocenters. The quantitative estimate of drug-likeness (QED) is 0.0261. The third-order valence-corrected chi connectivity index (χ3v) is 15.0. The first-order valence-corrected chi connectivity index (χ1v) is 35.0. The predicted octanol–water partition coefficient (Wildman–Crippen LogP) is 24.3. The molecule has 0 aromatic carbocycles. The molecule has 0 amide bonds. The van der Waals surface area contributed by atoms with Gasteiger partial charge in [0.25, 0.3) is 0 Å². The lowest BCUT2D eigenvalue weighted by atomic mass is 10.0. The van der Waals surface area contributed by atoms with Crippen molar-refractivity contribution in [3.63, 3.8) is 0 Å². The third kappa shape index (κ3) is 68.5. The van der Waals surface area contributed by atoms with Gasteiger partial charge < -0.3 is 14.2 Å². The smallest absolute Gasteiger partial charge is 0.306 e. The molecule has 0 aliphatic carbocycles. The molecule has 474 valence electrons. The molecule has 6 nitrogen and oxygen atoms in total. The van der Waals surface area contributed by atoms with Gasteiger partial charge in [-0.25, -0.2) is 0 Å². The van der Waals surface area contributed by atoms with Crippen molar-refractivity contribution in [2.75, 3.05) is 13.2 Å². The van der Waals surface area contributed by atoms with Gasteiger partial charge in [-0.2, -0.15) is 0 Å². The zero-order valence-corrected chi connectivity index (χ0v) is 54.4. The Morgan fingerprint density at radius 1 is 0.253 bits per heavy atom. The van der Waals surface area contributed by atoms with Crippen LogP contribution >= 0.6 is 0 Å². The Morgan fingerprint density at radius 3 is 0.759 bits per heavy atom. The van der Waals surface area contributed by atoms with Crippen molar-refractivity contribution < 1.29 is 28.6 Å². The summed E-state index contributed by atoms with van der Waals surface area (Å²) in [6.45, 7) is 6.44. The summed E-state index contributed by atoms with van der Waals surface area (Å²) in [7, 11) is 0. The highest BCUT2D eigenvalue weighted by Gasteiger charge is 2.19. The van der Waals surface area contributed by atoms with E-state index in [1.807, 2.05) is 0 Å².